The van der Waals surface area contributed by atoms with Crippen LogP contribution >= 0.6 is 0 Å². The van der Waals surface area contributed by atoms with Crippen LogP contribution in [0.5, 0.6) is 0 Å². The number of hydrogen-bond acceptors (Lipinski definition) is 3. The van der Waals surface area contributed by atoms with E-state index in [1.807, 2.05) is 18.5 Å². The molecular formula is C15H27N3O2S. The number of nitrogens with one attached hydrogen (secondary N) is 2. The molecule has 0 spiro atoms. The summed E-state index contributed by atoms with van der Waals surface area (Å²) in [5, 5.41) is 3.22. The Balaban J connectivity index is 2.06. The first-order valence-corrected chi connectivity index (χ1v) is 9.15. The first-order valence-electron chi connectivity index (χ1n) is 7.66. The fourth-order valence-corrected chi connectivity index (χ4v) is 3.83. The molecule has 0 atom stereocenters. The van der Waals surface area contributed by atoms with Crippen LogP contribution in [0.1, 0.15) is 39.3 Å². The van der Waals surface area contributed by atoms with Gasteiger partial charge in [-0.3, -0.25) is 0 Å². The first kappa shape index (κ1) is 16.5. The Labute approximate surface area is 128 Å². The van der Waals surface area contributed by atoms with Gasteiger partial charge in [0.1, 0.15) is 0 Å². The molecule has 1 fully saturated rings. The van der Waals surface area contributed by atoms with Crippen molar-refractivity contribution < 1.29 is 8.42 Å². The molecule has 6 heteroatoms. The van der Waals surface area contributed by atoms with E-state index in [0.717, 1.165) is 25.1 Å². The summed E-state index contributed by atoms with van der Waals surface area (Å²) in [5.41, 5.74) is 1.15. The summed E-state index contributed by atoms with van der Waals surface area (Å²) in [6.45, 7) is 8.45. The average molecular weight is 313 g/mol. The zero-order valence-electron chi connectivity index (χ0n) is 13.4. The van der Waals surface area contributed by atoms with Crippen molar-refractivity contribution in [2.75, 3.05) is 13.1 Å². The molecule has 1 aliphatic carbocycles. The van der Waals surface area contributed by atoms with E-state index in [2.05, 4.69) is 23.9 Å². The van der Waals surface area contributed by atoms with Crippen LogP contribution in [-0.2, 0) is 23.6 Å². The summed E-state index contributed by atoms with van der Waals surface area (Å²) in [7, 11) is -1.54. The standard InChI is InChI=1S/C15H27N3O2S/c1-5-16-9-13-8-14(10-18(13)4)21(19,20)17-11-15(6-7-15)12(2)3/h8,10,12,16-17H,5-7,9,11H2,1-4H3. The minimum Gasteiger partial charge on any atom is -0.352 e. The van der Waals surface area contributed by atoms with Gasteiger partial charge in [-0.2, -0.15) is 0 Å². The summed E-state index contributed by atoms with van der Waals surface area (Å²) < 4.78 is 29.5. The van der Waals surface area contributed by atoms with Gasteiger partial charge < -0.3 is 9.88 Å². The fraction of sp³-hybridized carbons (Fsp3) is 0.733. The highest BCUT2D eigenvalue weighted by Gasteiger charge is 2.45. The number of hydrogen-bond donors (Lipinski definition) is 2. The van der Waals surface area contributed by atoms with Gasteiger partial charge in [0.25, 0.3) is 0 Å². The predicted molar refractivity (Wildman–Crippen MR) is 84.5 cm³/mol. The highest BCUT2D eigenvalue weighted by atomic mass is 32.2. The summed E-state index contributed by atoms with van der Waals surface area (Å²) in [4.78, 5) is 0.359. The molecule has 2 rings (SSSR count). The Morgan fingerprint density at radius 1 is 1.38 bits per heavy atom. The van der Waals surface area contributed by atoms with Crippen molar-refractivity contribution in [2.45, 2.75) is 45.1 Å². The number of aromatic nitrogens is 1. The van der Waals surface area contributed by atoms with Crippen LogP contribution in [0, 0.1) is 11.3 Å². The smallest absolute Gasteiger partial charge is 0.242 e. The van der Waals surface area contributed by atoms with E-state index in [4.69, 9.17) is 0 Å². The third-order valence-electron chi connectivity index (χ3n) is 4.68. The second kappa shape index (κ2) is 6.10. The van der Waals surface area contributed by atoms with E-state index in [1.165, 1.54) is 0 Å². The van der Waals surface area contributed by atoms with Gasteiger partial charge in [-0.15, -0.1) is 0 Å². The lowest BCUT2D eigenvalue weighted by Gasteiger charge is -2.19. The van der Waals surface area contributed by atoms with Crippen LogP contribution in [0.25, 0.3) is 0 Å². The quantitative estimate of drug-likeness (QED) is 0.770. The minimum atomic E-state index is -3.41. The van der Waals surface area contributed by atoms with Crippen molar-refractivity contribution >= 4 is 10.0 Å². The fourth-order valence-electron chi connectivity index (χ4n) is 2.59. The summed E-state index contributed by atoms with van der Waals surface area (Å²) >= 11 is 0. The molecule has 1 aromatic heterocycles. The van der Waals surface area contributed by atoms with Crippen LogP contribution < -0.4 is 10.0 Å². The highest BCUT2D eigenvalue weighted by molar-refractivity contribution is 7.89. The van der Waals surface area contributed by atoms with Gasteiger partial charge in [0, 0.05) is 32.0 Å². The zero-order chi connectivity index (χ0) is 15.7. The third kappa shape index (κ3) is 3.67. The molecule has 0 unspecified atom stereocenters. The van der Waals surface area contributed by atoms with Crippen molar-refractivity contribution in [1.82, 2.24) is 14.6 Å². The topological polar surface area (TPSA) is 63.1 Å². The second-order valence-corrected chi connectivity index (χ2v) is 8.17. The van der Waals surface area contributed by atoms with Crippen LogP contribution in [0.3, 0.4) is 0 Å². The molecule has 0 radical (unpaired) electrons. The number of rotatable bonds is 8. The molecule has 1 aromatic rings. The average Bonchev–Trinajstić information content (AvgIpc) is 3.13. The Kier molecular flexibility index (Phi) is 4.80. The molecule has 2 N–H and O–H groups in total. The SMILES string of the molecule is CCNCc1cc(S(=O)(=O)NCC2(C(C)C)CC2)cn1C. The van der Waals surface area contributed by atoms with Crippen molar-refractivity contribution in [3.63, 3.8) is 0 Å². The lowest BCUT2D eigenvalue weighted by atomic mass is 9.93. The molecule has 21 heavy (non-hydrogen) atoms. The van der Waals surface area contributed by atoms with E-state index >= 15 is 0 Å². The third-order valence-corrected chi connectivity index (χ3v) is 6.05. The molecule has 5 nitrogen and oxygen atoms in total. The number of aryl methyl sites for hydroxylation is 1. The lowest BCUT2D eigenvalue weighted by Crippen LogP contribution is -2.32. The number of sulfonamides is 1. The van der Waals surface area contributed by atoms with Gasteiger partial charge in [0.15, 0.2) is 0 Å². The molecular weight excluding hydrogens is 286 g/mol. The van der Waals surface area contributed by atoms with Gasteiger partial charge in [0.2, 0.25) is 10.0 Å². The lowest BCUT2D eigenvalue weighted by molar-refractivity contribution is 0.357. The van der Waals surface area contributed by atoms with Gasteiger partial charge in [-0.25, -0.2) is 13.1 Å². The Morgan fingerprint density at radius 3 is 2.57 bits per heavy atom. The zero-order valence-corrected chi connectivity index (χ0v) is 14.3. The van der Waals surface area contributed by atoms with Crippen molar-refractivity contribution in [1.29, 1.82) is 0 Å². The molecule has 0 saturated heterocycles. The summed E-state index contributed by atoms with van der Waals surface area (Å²) in [6, 6.07) is 1.75. The summed E-state index contributed by atoms with van der Waals surface area (Å²) in [6.07, 6.45) is 3.92. The van der Waals surface area contributed by atoms with Crippen molar-refractivity contribution in [3.05, 3.63) is 18.0 Å². The predicted octanol–water partition coefficient (Wildman–Crippen LogP) is 1.85. The van der Waals surface area contributed by atoms with Gasteiger partial charge in [-0.1, -0.05) is 20.8 Å². The molecule has 1 saturated carbocycles. The van der Waals surface area contributed by atoms with Gasteiger partial charge >= 0.3 is 0 Å². The van der Waals surface area contributed by atoms with Crippen molar-refractivity contribution in [3.8, 4) is 0 Å². The Hall–Kier alpha value is -0.850. The maximum absolute atomic E-state index is 12.4. The molecule has 1 heterocycles. The van der Waals surface area contributed by atoms with E-state index in [1.54, 1.807) is 12.3 Å². The van der Waals surface area contributed by atoms with Crippen molar-refractivity contribution in [2.24, 2.45) is 18.4 Å². The minimum absolute atomic E-state index is 0.175. The Bertz CT molecular complexity index is 586. The van der Waals surface area contributed by atoms with Gasteiger partial charge in [-0.05, 0) is 36.8 Å². The molecule has 0 aromatic carbocycles. The Morgan fingerprint density at radius 2 is 2.05 bits per heavy atom. The van der Waals surface area contributed by atoms with E-state index in [9.17, 15) is 8.42 Å². The second-order valence-electron chi connectivity index (χ2n) is 6.40. The van der Waals surface area contributed by atoms with Crippen LogP contribution in [0.4, 0.5) is 0 Å². The largest absolute Gasteiger partial charge is 0.352 e. The first-order chi connectivity index (χ1) is 9.81. The monoisotopic (exact) mass is 313 g/mol. The van der Waals surface area contributed by atoms with E-state index < -0.39 is 10.0 Å². The molecule has 0 bridgehead atoms. The van der Waals surface area contributed by atoms with Crippen LogP contribution in [0.15, 0.2) is 17.2 Å². The van der Waals surface area contributed by atoms with E-state index in [0.29, 0.717) is 23.9 Å². The molecule has 120 valence electrons. The molecule has 0 amide bonds. The van der Waals surface area contributed by atoms with E-state index in [-0.39, 0.29) is 5.41 Å². The maximum atomic E-state index is 12.4. The normalized spacial score (nSPS) is 17.4. The summed E-state index contributed by atoms with van der Waals surface area (Å²) in [5.74, 6) is 0.514. The van der Waals surface area contributed by atoms with Crippen LogP contribution in [-0.4, -0.2) is 26.1 Å². The molecule has 1 aliphatic rings. The molecule has 0 aliphatic heterocycles. The van der Waals surface area contributed by atoms with Gasteiger partial charge in [0.05, 0.1) is 4.90 Å². The number of nitrogens with zero attached hydrogens (tertiary/aromatic N) is 1. The maximum Gasteiger partial charge on any atom is 0.242 e. The van der Waals surface area contributed by atoms with Crippen LogP contribution in [0.2, 0.25) is 0 Å². The highest BCUT2D eigenvalue weighted by Crippen LogP contribution is 2.51.